The molecule has 0 radical (unpaired) electrons. The van der Waals surface area contributed by atoms with Crippen molar-refractivity contribution in [3.63, 3.8) is 0 Å². The molecular formula is C14H29N. The summed E-state index contributed by atoms with van der Waals surface area (Å²) in [6.07, 6.45) is 8.56. The normalized spacial score (nSPS) is 19.6. The Kier molecular flexibility index (Phi) is 5.11. The van der Waals surface area contributed by atoms with Crippen LogP contribution in [0.25, 0.3) is 0 Å². The van der Waals surface area contributed by atoms with Crippen LogP contribution in [0.3, 0.4) is 0 Å². The highest BCUT2D eigenvalue weighted by atomic mass is 14.9. The molecule has 0 heterocycles. The summed E-state index contributed by atoms with van der Waals surface area (Å²) >= 11 is 0. The Morgan fingerprint density at radius 3 is 2.07 bits per heavy atom. The first kappa shape index (κ1) is 13.0. The van der Waals surface area contributed by atoms with Gasteiger partial charge < -0.3 is 5.32 Å². The second-order valence-electron chi connectivity index (χ2n) is 5.78. The van der Waals surface area contributed by atoms with Crippen molar-refractivity contribution in [3.8, 4) is 0 Å². The van der Waals surface area contributed by atoms with Gasteiger partial charge in [0.25, 0.3) is 0 Å². The summed E-state index contributed by atoms with van der Waals surface area (Å²) in [4.78, 5) is 0. The van der Waals surface area contributed by atoms with E-state index in [1.165, 1.54) is 45.1 Å². The van der Waals surface area contributed by atoms with Crippen LogP contribution in [0.15, 0.2) is 0 Å². The van der Waals surface area contributed by atoms with E-state index in [9.17, 15) is 0 Å². The topological polar surface area (TPSA) is 12.0 Å². The van der Waals surface area contributed by atoms with Gasteiger partial charge in [-0.15, -0.1) is 0 Å². The molecule has 1 rings (SSSR count). The van der Waals surface area contributed by atoms with Gasteiger partial charge in [-0.25, -0.2) is 0 Å². The van der Waals surface area contributed by atoms with E-state index in [-0.39, 0.29) is 0 Å². The molecule has 0 unspecified atom stereocenters. The van der Waals surface area contributed by atoms with E-state index in [4.69, 9.17) is 0 Å². The quantitative estimate of drug-likeness (QED) is 0.671. The molecule has 1 N–H and O–H groups in total. The fourth-order valence-electron chi connectivity index (χ4n) is 2.74. The molecule has 0 atom stereocenters. The standard InChI is InChI=1S/C14H29N/c1-5-13(6-2)10-14(8-7-9-14)11-15-12(3)4/h12-13,15H,5-11H2,1-4H3. The van der Waals surface area contributed by atoms with Crippen molar-refractivity contribution in [3.05, 3.63) is 0 Å². The maximum Gasteiger partial charge on any atom is 0.00106 e. The third-order valence-corrected chi connectivity index (χ3v) is 4.18. The van der Waals surface area contributed by atoms with Crippen molar-refractivity contribution in [2.45, 2.75) is 72.3 Å². The Morgan fingerprint density at radius 1 is 1.13 bits per heavy atom. The van der Waals surface area contributed by atoms with E-state index < -0.39 is 0 Å². The molecule has 1 aliphatic carbocycles. The molecule has 1 aliphatic rings. The van der Waals surface area contributed by atoms with E-state index in [0.29, 0.717) is 11.5 Å². The third-order valence-electron chi connectivity index (χ3n) is 4.18. The van der Waals surface area contributed by atoms with Crippen LogP contribution < -0.4 is 5.32 Å². The summed E-state index contributed by atoms with van der Waals surface area (Å²) in [5.74, 6) is 0.958. The van der Waals surface area contributed by atoms with Gasteiger partial charge in [0.2, 0.25) is 0 Å². The van der Waals surface area contributed by atoms with Crippen molar-refractivity contribution in [2.75, 3.05) is 6.54 Å². The molecule has 0 aromatic rings. The Hall–Kier alpha value is -0.0400. The second kappa shape index (κ2) is 5.89. The summed E-state index contributed by atoms with van der Waals surface area (Å²) < 4.78 is 0. The molecule has 0 amide bonds. The molecule has 0 spiro atoms. The summed E-state index contributed by atoms with van der Waals surface area (Å²) in [5.41, 5.74) is 0.668. The lowest BCUT2D eigenvalue weighted by Crippen LogP contribution is -2.43. The summed E-state index contributed by atoms with van der Waals surface area (Å²) in [6.45, 7) is 10.4. The van der Waals surface area contributed by atoms with Crippen LogP contribution in [-0.2, 0) is 0 Å². The fraction of sp³-hybridized carbons (Fsp3) is 1.00. The maximum absolute atomic E-state index is 3.64. The number of hydrogen-bond donors (Lipinski definition) is 1. The van der Waals surface area contributed by atoms with Crippen molar-refractivity contribution in [2.24, 2.45) is 11.3 Å². The average molecular weight is 211 g/mol. The molecule has 1 fully saturated rings. The highest BCUT2D eigenvalue weighted by Crippen LogP contribution is 2.46. The minimum atomic E-state index is 0.643. The Bertz CT molecular complexity index is 166. The number of hydrogen-bond acceptors (Lipinski definition) is 1. The Morgan fingerprint density at radius 2 is 1.73 bits per heavy atom. The predicted molar refractivity (Wildman–Crippen MR) is 68.1 cm³/mol. The largest absolute Gasteiger partial charge is 0.314 e. The monoisotopic (exact) mass is 211 g/mol. The second-order valence-corrected chi connectivity index (χ2v) is 5.78. The van der Waals surface area contributed by atoms with Crippen LogP contribution in [0, 0.1) is 11.3 Å². The SMILES string of the molecule is CCC(CC)CC1(CNC(C)C)CCC1. The zero-order chi connectivity index (χ0) is 11.3. The molecule has 90 valence electrons. The molecule has 0 saturated heterocycles. The molecule has 0 aromatic heterocycles. The smallest absolute Gasteiger partial charge is 0.00106 e. The van der Waals surface area contributed by atoms with Crippen LogP contribution in [0.5, 0.6) is 0 Å². The van der Waals surface area contributed by atoms with Gasteiger partial charge in [0.15, 0.2) is 0 Å². The first-order chi connectivity index (χ1) is 7.12. The van der Waals surface area contributed by atoms with Crippen LogP contribution in [0.1, 0.15) is 66.2 Å². The average Bonchev–Trinajstić information content (AvgIpc) is 2.16. The molecule has 0 aromatic carbocycles. The van der Waals surface area contributed by atoms with Crippen LogP contribution in [0.2, 0.25) is 0 Å². The molecule has 1 saturated carbocycles. The number of nitrogens with one attached hydrogen (secondary N) is 1. The van der Waals surface area contributed by atoms with E-state index in [2.05, 4.69) is 33.0 Å². The van der Waals surface area contributed by atoms with Gasteiger partial charge in [0.1, 0.15) is 0 Å². The van der Waals surface area contributed by atoms with Gasteiger partial charge in [-0.2, -0.15) is 0 Å². The zero-order valence-corrected chi connectivity index (χ0v) is 11.1. The molecule has 15 heavy (non-hydrogen) atoms. The fourth-order valence-corrected chi connectivity index (χ4v) is 2.74. The van der Waals surface area contributed by atoms with Crippen LogP contribution in [-0.4, -0.2) is 12.6 Å². The highest BCUT2D eigenvalue weighted by Gasteiger charge is 2.37. The van der Waals surface area contributed by atoms with Crippen molar-refractivity contribution >= 4 is 0 Å². The van der Waals surface area contributed by atoms with Gasteiger partial charge in [0.05, 0.1) is 0 Å². The maximum atomic E-state index is 3.64. The molecule has 0 aliphatic heterocycles. The van der Waals surface area contributed by atoms with Gasteiger partial charge in [-0.05, 0) is 30.6 Å². The van der Waals surface area contributed by atoms with Gasteiger partial charge >= 0.3 is 0 Å². The highest BCUT2D eigenvalue weighted by molar-refractivity contribution is 4.91. The van der Waals surface area contributed by atoms with E-state index >= 15 is 0 Å². The molecular weight excluding hydrogens is 182 g/mol. The van der Waals surface area contributed by atoms with Crippen molar-refractivity contribution < 1.29 is 0 Å². The summed E-state index contributed by atoms with van der Waals surface area (Å²) in [5, 5.41) is 3.64. The van der Waals surface area contributed by atoms with Crippen LogP contribution >= 0.6 is 0 Å². The lowest BCUT2D eigenvalue weighted by molar-refractivity contribution is 0.0862. The lowest BCUT2D eigenvalue weighted by atomic mass is 9.63. The van der Waals surface area contributed by atoms with Gasteiger partial charge in [-0.3, -0.25) is 0 Å². The van der Waals surface area contributed by atoms with E-state index in [1.54, 1.807) is 0 Å². The molecule has 0 bridgehead atoms. The zero-order valence-electron chi connectivity index (χ0n) is 11.1. The predicted octanol–water partition coefficient (Wildman–Crippen LogP) is 3.98. The molecule has 1 heteroatoms. The van der Waals surface area contributed by atoms with Gasteiger partial charge in [0, 0.05) is 12.6 Å². The summed E-state index contributed by atoms with van der Waals surface area (Å²) in [7, 11) is 0. The lowest BCUT2D eigenvalue weighted by Gasteiger charge is -2.45. The third kappa shape index (κ3) is 3.79. The Labute approximate surface area is 96.0 Å². The van der Waals surface area contributed by atoms with E-state index in [0.717, 1.165) is 5.92 Å². The summed E-state index contributed by atoms with van der Waals surface area (Å²) in [6, 6.07) is 0.643. The van der Waals surface area contributed by atoms with Crippen molar-refractivity contribution in [1.82, 2.24) is 5.32 Å². The first-order valence-corrected chi connectivity index (χ1v) is 6.85. The number of rotatable bonds is 7. The van der Waals surface area contributed by atoms with E-state index in [1.807, 2.05) is 0 Å². The minimum absolute atomic E-state index is 0.643. The first-order valence-electron chi connectivity index (χ1n) is 6.85. The molecule has 1 nitrogen and oxygen atoms in total. The van der Waals surface area contributed by atoms with Crippen molar-refractivity contribution in [1.29, 1.82) is 0 Å². The minimum Gasteiger partial charge on any atom is -0.314 e. The van der Waals surface area contributed by atoms with Crippen LogP contribution in [0.4, 0.5) is 0 Å². The Balaban J connectivity index is 2.38. The van der Waals surface area contributed by atoms with Gasteiger partial charge in [-0.1, -0.05) is 47.0 Å².